The van der Waals surface area contributed by atoms with Crippen molar-refractivity contribution in [2.45, 2.75) is 19.9 Å². The first-order valence-electron chi connectivity index (χ1n) is 5.77. The highest BCUT2D eigenvalue weighted by Gasteiger charge is 2.17. The van der Waals surface area contributed by atoms with Gasteiger partial charge in [0, 0.05) is 19.7 Å². The van der Waals surface area contributed by atoms with Crippen molar-refractivity contribution in [2.24, 2.45) is 0 Å². The van der Waals surface area contributed by atoms with Gasteiger partial charge in [-0.2, -0.15) is 0 Å². The monoisotopic (exact) mass is 245 g/mol. The number of nitrogens with zero attached hydrogens (tertiary/aromatic N) is 4. The first-order valence-corrected chi connectivity index (χ1v) is 5.77. The van der Waals surface area contributed by atoms with Crippen LogP contribution in [0, 0.1) is 0 Å². The maximum Gasteiger partial charge on any atom is 0.293 e. The highest BCUT2D eigenvalue weighted by atomic mass is 16.2. The Morgan fingerprint density at radius 1 is 1.44 bits per heavy atom. The molecule has 94 valence electrons. The lowest BCUT2D eigenvalue weighted by Crippen LogP contribution is -2.27. The number of H-pyrrole nitrogens is 1. The zero-order chi connectivity index (χ0) is 13.0. The van der Waals surface area contributed by atoms with Crippen molar-refractivity contribution >= 4 is 5.91 Å². The zero-order valence-electron chi connectivity index (χ0n) is 10.4. The Kier molecular flexibility index (Phi) is 3.66. The van der Waals surface area contributed by atoms with Crippen LogP contribution in [0.1, 0.15) is 29.1 Å². The minimum absolute atomic E-state index is 0.199. The highest BCUT2D eigenvalue weighted by molar-refractivity contribution is 5.90. The van der Waals surface area contributed by atoms with Gasteiger partial charge in [-0.25, -0.2) is 4.98 Å². The molecule has 1 amide bonds. The summed E-state index contributed by atoms with van der Waals surface area (Å²) < 4.78 is 0. The molecule has 2 aromatic rings. The van der Waals surface area contributed by atoms with E-state index in [1.165, 1.54) is 0 Å². The average Bonchev–Trinajstić information content (AvgIpc) is 2.87. The van der Waals surface area contributed by atoms with E-state index in [-0.39, 0.29) is 11.7 Å². The van der Waals surface area contributed by atoms with Gasteiger partial charge in [0.25, 0.3) is 5.91 Å². The number of rotatable bonds is 4. The smallest absolute Gasteiger partial charge is 0.293 e. The van der Waals surface area contributed by atoms with Crippen LogP contribution in [0.4, 0.5) is 0 Å². The van der Waals surface area contributed by atoms with Gasteiger partial charge < -0.3 is 4.90 Å². The van der Waals surface area contributed by atoms with Crippen molar-refractivity contribution in [1.29, 1.82) is 0 Å². The van der Waals surface area contributed by atoms with Crippen LogP contribution in [0.2, 0.25) is 0 Å². The highest BCUT2D eigenvalue weighted by Crippen LogP contribution is 2.03. The largest absolute Gasteiger partial charge is 0.333 e. The predicted molar refractivity (Wildman–Crippen MR) is 65.8 cm³/mol. The molecule has 6 heteroatoms. The van der Waals surface area contributed by atoms with E-state index in [9.17, 15) is 4.79 Å². The third-order valence-corrected chi connectivity index (χ3v) is 2.53. The summed E-state index contributed by atoms with van der Waals surface area (Å²) in [7, 11) is 1.71. The van der Waals surface area contributed by atoms with Gasteiger partial charge in [0.15, 0.2) is 0 Å². The molecule has 0 aliphatic rings. The summed E-state index contributed by atoms with van der Waals surface area (Å²) in [5.41, 5.74) is 0.833. The molecule has 0 radical (unpaired) electrons. The molecule has 6 nitrogen and oxygen atoms in total. The lowest BCUT2D eigenvalue weighted by molar-refractivity contribution is 0.0771. The molecule has 2 heterocycles. The van der Waals surface area contributed by atoms with E-state index in [1.54, 1.807) is 18.1 Å². The van der Waals surface area contributed by atoms with Gasteiger partial charge >= 0.3 is 0 Å². The van der Waals surface area contributed by atoms with Gasteiger partial charge in [-0.3, -0.25) is 14.9 Å². The van der Waals surface area contributed by atoms with Gasteiger partial charge in [0.05, 0.1) is 12.2 Å². The Bertz CT molecular complexity index is 522. The molecule has 0 spiro atoms. The van der Waals surface area contributed by atoms with E-state index in [0.29, 0.717) is 12.4 Å². The van der Waals surface area contributed by atoms with E-state index in [4.69, 9.17) is 0 Å². The van der Waals surface area contributed by atoms with Crippen LogP contribution in [-0.2, 0) is 13.0 Å². The minimum atomic E-state index is -0.211. The number of amides is 1. The number of nitrogens with one attached hydrogen (secondary N) is 1. The van der Waals surface area contributed by atoms with Crippen molar-refractivity contribution < 1.29 is 4.79 Å². The van der Waals surface area contributed by atoms with Gasteiger partial charge in [0.2, 0.25) is 5.82 Å². The van der Waals surface area contributed by atoms with Crippen molar-refractivity contribution in [3.63, 3.8) is 0 Å². The van der Waals surface area contributed by atoms with Crippen molar-refractivity contribution in [3.05, 3.63) is 41.7 Å². The fourth-order valence-electron chi connectivity index (χ4n) is 1.53. The van der Waals surface area contributed by atoms with Crippen molar-refractivity contribution in [3.8, 4) is 0 Å². The van der Waals surface area contributed by atoms with Crippen molar-refractivity contribution in [2.75, 3.05) is 7.05 Å². The number of carbonyl (C=O) groups excluding carboxylic acids is 1. The minimum Gasteiger partial charge on any atom is -0.333 e. The summed E-state index contributed by atoms with van der Waals surface area (Å²) in [4.78, 5) is 21.9. The molecule has 0 aliphatic carbocycles. The molecular formula is C12H15N5O. The van der Waals surface area contributed by atoms with Crippen LogP contribution in [0.25, 0.3) is 0 Å². The van der Waals surface area contributed by atoms with Crippen LogP contribution in [-0.4, -0.2) is 38.0 Å². The quantitative estimate of drug-likeness (QED) is 0.873. The van der Waals surface area contributed by atoms with Crippen LogP contribution >= 0.6 is 0 Å². The molecule has 0 saturated carbocycles. The number of carbonyl (C=O) groups is 1. The van der Waals surface area contributed by atoms with Gasteiger partial charge in [-0.15, -0.1) is 5.10 Å². The second-order valence-electron chi connectivity index (χ2n) is 3.94. The Labute approximate surface area is 105 Å². The molecule has 0 atom stereocenters. The second-order valence-corrected chi connectivity index (χ2v) is 3.94. The Morgan fingerprint density at radius 2 is 2.28 bits per heavy atom. The summed E-state index contributed by atoms with van der Waals surface area (Å²) in [6.07, 6.45) is 2.43. The number of hydrogen-bond donors (Lipinski definition) is 1. The van der Waals surface area contributed by atoms with Gasteiger partial charge in [0.1, 0.15) is 5.82 Å². The molecule has 0 fully saturated rings. The number of aromatic nitrogens is 4. The maximum absolute atomic E-state index is 12.0. The number of hydrogen-bond acceptors (Lipinski definition) is 4. The van der Waals surface area contributed by atoms with Crippen LogP contribution < -0.4 is 0 Å². The van der Waals surface area contributed by atoms with Crippen LogP contribution in [0.5, 0.6) is 0 Å². The predicted octanol–water partition coefficient (Wildman–Crippen LogP) is 1.03. The third kappa shape index (κ3) is 2.71. The fraction of sp³-hybridized carbons (Fsp3) is 0.333. The Balaban J connectivity index is 2.05. The topological polar surface area (TPSA) is 74.8 Å². The molecule has 0 aromatic carbocycles. The molecule has 18 heavy (non-hydrogen) atoms. The summed E-state index contributed by atoms with van der Waals surface area (Å²) in [5, 5.41) is 6.63. The standard InChI is InChI=1S/C12H15N5O/c1-3-10-14-11(16-15-10)12(18)17(2)8-9-6-4-5-7-13-9/h4-7H,3,8H2,1-2H3,(H,14,15,16). The zero-order valence-corrected chi connectivity index (χ0v) is 10.4. The van der Waals surface area contributed by atoms with E-state index in [2.05, 4.69) is 20.2 Å². The molecule has 2 rings (SSSR count). The summed E-state index contributed by atoms with van der Waals surface area (Å²) >= 11 is 0. The first kappa shape index (κ1) is 12.2. The lowest BCUT2D eigenvalue weighted by atomic mass is 10.3. The summed E-state index contributed by atoms with van der Waals surface area (Å²) in [6, 6.07) is 5.61. The number of aromatic amines is 1. The fourth-order valence-corrected chi connectivity index (χ4v) is 1.53. The normalized spacial score (nSPS) is 10.3. The molecule has 0 aliphatic heterocycles. The number of aryl methyl sites for hydroxylation is 1. The van der Waals surface area contributed by atoms with E-state index in [0.717, 1.165) is 12.1 Å². The first-order chi connectivity index (χ1) is 8.70. The summed E-state index contributed by atoms with van der Waals surface area (Å²) in [6.45, 7) is 2.39. The second kappa shape index (κ2) is 5.39. The Morgan fingerprint density at radius 3 is 2.89 bits per heavy atom. The van der Waals surface area contributed by atoms with Crippen LogP contribution in [0.15, 0.2) is 24.4 Å². The average molecular weight is 245 g/mol. The van der Waals surface area contributed by atoms with E-state index >= 15 is 0 Å². The van der Waals surface area contributed by atoms with Crippen LogP contribution in [0.3, 0.4) is 0 Å². The molecule has 0 bridgehead atoms. The number of pyridine rings is 1. The molecular weight excluding hydrogens is 230 g/mol. The molecule has 1 N–H and O–H groups in total. The van der Waals surface area contributed by atoms with Gasteiger partial charge in [-0.1, -0.05) is 13.0 Å². The third-order valence-electron chi connectivity index (χ3n) is 2.53. The summed E-state index contributed by atoms with van der Waals surface area (Å²) in [5.74, 6) is 0.700. The van der Waals surface area contributed by atoms with Gasteiger partial charge in [-0.05, 0) is 12.1 Å². The van der Waals surface area contributed by atoms with Crippen molar-refractivity contribution in [1.82, 2.24) is 25.1 Å². The maximum atomic E-state index is 12.0. The molecule has 0 unspecified atom stereocenters. The lowest BCUT2D eigenvalue weighted by Gasteiger charge is -2.14. The van der Waals surface area contributed by atoms with E-state index < -0.39 is 0 Å². The molecule has 2 aromatic heterocycles. The molecule has 0 saturated heterocycles. The van der Waals surface area contributed by atoms with E-state index in [1.807, 2.05) is 25.1 Å². The SMILES string of the molecule is CCc1nc(C(=O)N(C)Cc2ccccn2)n[nH]1. The Hall–Kier alpha value is -2.24.